The minimum atomic E-state index is -0.988. The number of aromatic nitrogens is 2. The number of methoxy groups -OCH3 is 1. The van der Waals surface area contributed by atoms with Crippen molar-refractivity contribution >= 4 is 11.6 Å². The molecule has 0 radical (unpaired) electrons. The Hall–Kier alpha value is -4.31. The lowest BCUT2D eigenvalue weighted by Crippen LogP contribution is -1.98. The molecule has 2 heterocycles. The summed E-state index contributed by atoms with van der Waals surface area (Å²) in [5.74, 6) is 0.157. The number of pyridine rings is 1. The second-order valence-electron chi connectivity index (χ2n) is 6.58. The van der Waals surface area contributed by atoms with Gasteiger partial charge in [-0.3, -0.25) is 0 Å². The molecule has 30 heavy (non-hydrogen) atoms. The van der Waals surface area contributed by atoms with Gasteiger partial charge in [0, 0.05) is 18.0 Å². The van der Waals surface area contributed by atoms with Gasteiger partial charge in [0.1, 0.15) is 12.3 Å². The summed E-state index contributed by atoms with van der Waals surface area (Å²) >= 11 is 0. The van der Waals surface area contributed by atoms with E-state index in [-0.39, 0.29) is 5.56 Å². The van der Waals surface area contributed by atoms with Gasteiger partial charge >= 0.3 is 5.97 Å². The first-order valence-corrected chi connectivity index (χ1v) is 9.09. The number of hydrogen-bond donors (Lipinski definition) is 1. The lowest BCUT2D eigenvalue weighted by Gasteiger charge is -2.12. The second kappa shape index (κ2) is 7.97. The number of benzene rings is 2. The normalized spacial score (nSPS) is 10.5. The van der Waals surface area contributed by atoms with Gasteiger partial charge in [-0.1, -0.05) is 12.1 Å². The first-order valence-electron chi connectivity index (χ1n) is 9.09. The molecule has 0 aliphatic carbocycles. The quantitative estimate of drug-likeness (QED) is 0.523. The Balaban J connectivity index is 1.57. The molecule has 0 atom stereocenters. The van der Waals surface area contributed by atoms with Crippen molar-refractivity contribution in [1.29, 1.82) is 5.26 Å². The van der Waals surface area contributed by atoms with Crippen LogP contribution in [-0.4, -0.2) is 27.6 Å². The van der Waals surface area contributed by atoms with E-state index in [2.05, 4.69) is 11.1 Å². The molecule has 4 aromatic rings. The Labute approximate surface area is 172 Å². The van der Waals surface area contributed by atoms with Crippen LogP contribution in [0.3, 0.4) is 0 Å². The van der Waals surface area contributed by atoms with Crippen molar-refractivity contribution in [2.45, 2.75) is 6.61 Å². The zero-order valence-corrected chi connectivity index (χ0v) is 16.1. The number of fused-ring (bicyclic) bond motifs is 1. The zero-order valence-electron chi connectivity index (χ0n) is 16.1. The molecule has 0 aliphatic rings. The van der Waals surface area contributed by atoms with Gasteiger partial charge in [0.15, 0.2) is 11.5 Å². The molecule has 4 rings (SSSR count). The molecule has 2 aromatic heterocycles. The van der Waals surface area contributed by atoms with E-state index in [1.165, 1.54) is 12.3 Å². The molecule has 148 valence electrons. The summed E-state index contributed by atoms with van der Waals surface area (Å²) in [6.07, 6.45) is 3.30. The van der Waals surface area contributed by atoms with Gasteiger partial charge in [-0.25, -0.2) is 9.78 Å². The molecule has 0 unspecified atom stereocenters. The average molecular weight is 399 g/mol. The molecule has 7 nitrogen and oxygen atoms in total. The van der Waals surface area contributed by atoms with E-state index < -0.39 is 5.97 Å². The van der Waals surface area contributed by atoms with Gasteiger partial charge in [0.2, 0.25) is 0 Å². The molecule has 0 aliphatic heterocycles. The SMILES string of the molecule is COc1cc(-c2cn3cc(C(=O)O)ccc3n2)ccc1OCc1ccc(C#N)cc1. The Morgan fingerprint density at radius 3 is 2.60 bits per heavy atom. The number of aromatic carboxylic acids is 1. The van der Waals surface area contributed by atoms with E-state index in [0.717, 1.165) is 11.1 Å². The predicted octanol–water partition coefficient (Wildman–Crippen LogP) is 4.16. The second-order valence-corrected chi connectivity index (χ2v) is 6.58. The molecule has 0 saturated heterocycles. The number of nitrogens with zero attached hydrogens (tertiary/aromatic N) is 3. The Bertz CT molecular complexity index is 1270. The van der Waals surface area contributed by atoms with Crippen LogP contribution in [0.15, 0.2) is 67.0 Å². The van der Waals surface area contributed by atoms with Crippen molar-refractivity contribution < 1.29 is 19.4 Å². The van der Waals surface area contributed by atoms with Gasteiger partial charge in [-0.15, -0.1) is 0 Å². The topological polar surface area (TPSA) is 96.8 Å². The van der Waals surface area contributed by atoms with E-state index in [1.54, 1.807) is 35.9 Å². The van der Waals surface area contributed by atoms with Gasteiger partial charge in [-0.2, -0.15) is 5.26 Å². The fourth-order valence-corrected chi connectivity index (χ4v) is 3.04. The van der Waals surface area contributed by atoms with Crippen molar-refractivity contribution in [3.8, 4) is 28.8 Å². The number of imidazole rings is 1. The van der Waals surface area contributed by atoms with Crippen molar-refractivity contribution in [2.75, 3.05) is 7.11 Å². The lowest BCUT2D eigenvalue weighted by molar-refractivity contribution is 0.0696. The number of carbonyl (C=O) groups is 1. The molecule has 0 spiro atoms. The summed E-state index contributed by atoms with van der Waals surface area (Å²) in [4.78, 5) is 15.7. The highest BCUT2D eigenvalue weighted by Gasteiger charge is 2.12. The smallest absolute Gasteiger partial charge is 0.337 e. The van der Waals surface area contributed by atoms with Crippen LogP contribution in [-0.2, 0) is 6.61 Å². The van der Waals surface area contributed by atoms with E-state index >= 15 is 0 Å². The number of carboxylic acids is 1. The minimum Gasteiger partial charge on any atom is -0.493 e. The van der Waals surface area contributed by atoms with E-state index in [9.17, 15) is 4.79 Å². The summed E-state index contributed by atoms with van der Waals surface area (Å²) in [7, 11) is 1.57. The maximum Gasteiger partial charge on any atom is 0.337 e. The maximum absolute atomic E-state index is 11.2. The van der Waals surface area contributed by atoms with E-state index in [1.807, 2.05) is 30.3 Å². The molecule has 0 fully saturated rings. The molecule has 2 aromatic carbocycles. The van der Waals surface area contributed by atoms with Gasteiger partial charge < -0.3 is 19.0 Å². The molecule has 0 amide bonds. The predicted molar refractivity (Wildman–Crippen MR) is 110 cm³/mol. The van der Waals surface area contributed by atoms with Gasteiger partial charge in [0.05, 0.1) is 30.0 Å². The van der Waals surface area contributed by atoms with Crippen molar-refractivity contribution in [1.82, 2.24) is 9.38 Å². The average Bonchev–Trinajstić information content (AvgIpc) is 3.21. The summed E-state index contributed by atoms with van der Waals surface area (Å²) in [6.45, 7) is 0.341. The van der Waals surface area contributed by atoms with Crippen LogP contribution in [0.25, 0.3) is 16.9 Å². The highest BCUT2D eigenvalue weighted by atomic mass is 16.5. The number of nitriles is 1. The summed E-state index contributed by atoms with van der Waals surface area (Å²) in [5, 5.41) is 18.0. The Morgan fingerprint density at radius 1 is 1.10 bits per heavy atom. The monoisotopic (exact) mass is 399 g/mol. The highest BCUT2D eigenvalue weighted by molar-refractivity contribution is 5.87. The van der Waals surface area contributed by atoms with Crippen LogP contribution >= 0.6 is 0 Å². The van der Waals surface area contributed by atoms with Crippen LogP contribution in [0.4, 0.5) is 0 Å². The van der Waals surface area contributed by atoms with Gasteiger partial charge in [0.25, 0.3) is 0 Å². The molecule has 7 heteroatoms. The largest absolute Gasteiger partial charge is 0.493 e. The Kier molecular flexibility index (Phi) is 5.06. The van der Waals surface area contributed by atoms with Crippen molar-refractivity contribution in [3.05, 3.63) is 83.7 Å². The molecule has 0 saturated carbocycles. The third-order valence-electron chi connectivity index (χ3n) is 4.63. The fraction of sp³-hybridized carbons (Fsp3) is 0.0870. The minimum absolute atomic E-state index is 0.190. The lowest BCUT2D eigenvalue weighted by atomic mass is 10.1. The van der Waals surface area contributed by atoms with Crippen LogP contribution in [0.5, 0.6) is 11.5 Å². The number of rotatable bonds is 6. The third kappa shape index (κ3) is 3.80. The maximum atomic E-state index is 11.2. The number of hydrogen-bond acceptors (Lipinski definition) is 5. The molecular formula is C23H17N3O4. The van der Waals surface area contributed by atoms with Crippen LogP contribution in [0.2, 0.25) is 0 Å². The fourth-order valence-electron chi connectivity index (χ4n) is 3.04. The highest BCUT2D eigenvalue weighted by Crippen LogP contribution is 2.33. The van der Waals surface area contributed by atoms with Gasteiger partial charge in [-0.05, 0) is 48.0 Å². The summed E-state index contributed by atoms with van der Waals surface area (Å²) in [6, 6.07) is 18.0. The third-order valence-corrected chi connectivity index (χ3v) is 4.63. The van der Waals surface area contributed by atoms with Crippen molar-refractivity contribution in [2.24, 2.45) is 0 Å². The Morgan fingerprint density at radius 2 is 1.90 bits per heavy atom. The molecule has 0 bridgehead atoms. The van der Waals surface area contributed by atoms with Crippen LogP contribution in [0.1, 0.15) is 21.5 Å². The molecular weight excluding hydrogens is 382 g/mol. The first-order chi connectivity index (χ1) is 14.6. The summed E-state index contributed by atoms with van der Waals surface area (Å²) < 4.78 is 13.0. The van der Waals surface area contributed by atoms with Crippen molar-refractivity contribution in [3.63, 3.8) is 0 Å². The molecule has 1 N–H and O–H groups in total. The number of ether oxygens (including phenoxy) is 2. The van der Waals surface area contributed by atoms with E-state index in [0.29, 0.717) is 35.0 Å². The summed E-state index contributed by atoms with van der Waals surface area (Å²) in [5.41, 5.74) is 3.89. The first kappa shape index (κ1) is 19.0. The standard InChI is InChI=1S/C23H17N3O4/c1-29-21-10-17(19-13-26-12-18(23(27)28)7-9-22(26)25-19)6-8-20(21)30-14-16-4-2-15(11-24)3-5-16/h2-10,12-13H,14H2,1H3,(H,27,28). The number of carboxylic acid groups (broad SMARTS) is 1. The zero-order chi connectivity index (χ0) is 21.1. The van der Waals surface area contributed by atoms with E-state index in [4.69, 9.17) is 19.8 Å². The van der Waals surface area contributed by atoms with Crippen LogP contribution < -0.4 is 9.47 Å². The van der Waals surface area contributed by atoms with Crippen LogP contribution in [0, 0.1) is 11.3 Å².